The summed E-state index contributed by atoms with van der Waals surface area (Å²) < 4.78 is 18.9. The molecule has 16 heavy (non-hydrogen) atoms. The molecule has 1 heterocycles. The zero-order chi connectivity index (χ0) is 11.1. The van der Waals surface area contributed by atoms with Crippen LogP contribution in [0.1, 0.15) is 36.4 Å². The van der Waals surface area contributed by atoms with Crippen LogP contribution in [0.2, 0.25) is 0 Å². The van der Waals surface area contributed by atoms with Crippen LogP contribution >= 0.6 is 0 Å². The molecule has 1 aliphatic carbocycles. The molecule has 1 unspecified atom stereocenters. The van der Waals surface area contributed by atoms with E-state index in [2.05, 4.69) is 5.32 Å². The van der Waals surface area contributed by atoms with Crippen molar-refractivity contribution in [2.24, 2.45) is 0 Å². The topological polar surface area (TPSA) is 21.3 Å². The van der Waals surface area contributed by atoms with Crippen LogP contribution in [0.15, 0.2) is 12.1 Å². The van der Waals surface area contributed by atoms with Gasteiger partial charge in [-0.2, -0.15) is 0 Å². The Balaban J connectivity index is 1.93. The van der Waals surface area contributed by atoms with Gasteiger partial charge >= 0.3 is 0 Å². The maximum Gasteiger partial charge on any atom is 0.129 e. The first-order valence-corrected chi connectivity index (χ1v) is 5.93. The molecular formula is C13H16FNO. The van der Waals surface area contributed by atoms with Crippen molar-refractivity contribution in [1.29, 1.82) is 0 Å². The first-order chi connectivity index (χ1) is 7.74. The summed E-state index contributed by atoms with van der Waals surface area (Å²) in [5, 5.41) is 3.59. The molecule has 1 saturated carbocycles. The zero-order valence-electron chi connectivity index (χ0n) is 9.42. The van der Waals surface area contributed by atoms with Gasteiger partial charge in [0.15, 0.2) is 0 Å². The van der Waals surface area contributed by atoms with Crippen LogP contribution in [0.25, 0.3) is 0 Å². The summed E-state index contributed by atoms with van der Waals surface area (Å²) in [4.78, 5) is 0. The van der Waals surface area contributed by atoms with Gasteiger partial charge in [0.05, 0.1) is 6.61 Å². The van der Waals surface area contributed by atoms with Crippen LogP contribution in [-0.2, 0) is 0 Å². The number of benzene rings is 1. The molecule has 0 spiro atoms. The van der Waals surface area contributed by atoms with Crippen LogP contribution in [-0.4, -0.2) is 12.6 Å². The molecule has 1 atom stereocenters. The summed E-state index contributed by atoms with van der Waals surface area (Å²) in [6.45, 7) is 2.48. The second-order valence-corrected chi connectivity index (χ2v) is 4.77. The van der Waals surface area contributed by atoms with Crippen LogP contribution in [0.4, 0.5) is 4.39 Å². The Kier molecular flexibility index (Phi) is 2.36. The molecule has 1 aromatic carbocycles. The van der Waals surface area contributed by atoms with Crippen molar-refractivity contribution in [2.45, 2.75) is 38.3 Å². The Morgan fingerprint density at radius 1 is 1.31 bits per heavy atom. The molecule has 0 saturated heterocycles. The number of aryl methyl sites for hydroxylation is 1. The molecule has 2 aliphatic rings. The second-order valence-electron chi connectivity index (χ2n) is 4.77. The summed E-state index contributed by atoms with van der Waals surface area (Å²) in [5.41, 5.74) is 1.82. The summed E-state index contributed by atoms with van der Waals surface area (Å²) in [6.07, 6.45) is 3.52. The lowest BCUT2D eigenvalue weighted by Gasteiger charge is -2.27. The lowest BCUT2D eigenvalue weighted by Crippen LogP contribution is -2.28. The highest BCUT2D eigenvalue weighted by molar-refractivity contribution is 5.41. The number of fused-ring (bicyclic) bond motifs is 1. The minimum Gasteiger partial charge on any atom is -0.493 e. The van der Waals surface area contributed by atoms with Gasteiger partial charge in [-0.1, -0.05) is 0 Å². The highest BCUT2D eigenvalue weighted by Crippen LogP contribution is 2.36. The smallest absolute Gasteiger partial charge is 0.129 e. The van der Waals surface area contributed by atoms with E-state index < -0.39 is 0 Å². The average Bonchev–Trinajstić information content (AvgIpc) is 3.05. The number of halogens is 1. The van der Waals surface area contributed by atoms with Crippen molar-refractivity contribution in [3.63, 3.8) is 0 Å². The van der Waals surface area contributed by atoms with Crippen LogP contribution in [0.3, 0.4) is 0 Å². The SMILES string of the molecule is Cc1cc2c(cc1F)OCCC2NC1CC1. The fourth-order valence-electron chi connectivity index (χ4n) is 2.23. The summed E-state index contributed by atoms with van der Waals surface area (Å²) in [6, 6.07) is 4.45. The first kappa shape index (κ1) is 10.1. The van der Waals surface area contributed by atoms with Crippen molar-refractivity contribution < 1.29 is 9.13 Å². The molecule has 3 heteroatoms. The van der Waals surface area contributed by atoms with Gasteiger partial charge < -0.3 is 10.1 Å². The van der Waals surface area contributed by atoms with E-state index in [-0.39, 0.29) is 5.82 Å². The Hall–Kier alpha value is -1.09. The molecular weight excluding hydrogens is 205 g/mol. The van der Waals surface area contributed by atoms with E-state index in [0.29, 0.717) is 30.0 Å². The summed E-state index contributed by atoms with van der Waals surface area (Å²) in [5.74, 6) is 0.540. The van der Waals surface area contributed by atoms with Crippen molar-refractivity contribution >= 4 is 0 Å². The van der Waals surface area contributed by atoms with Gasteiger partial charge in [0, 0.05) is 30.1 Å². The molecule has 1 aliphatic heterocycles. The largest absolute Gasteiger partial charge is 0.493 e. The third-order valence-electron chi connectivity index (χ3n) is 3.34. The monoisotopic (exact) mass is 221 g/mol. The van der Waals surface area contributed by atoms with E-state index in [4.69, 9.17) is 4.74 Å². The normalized spacial score (nSPS) is 23.8. The van der Waals surface area contributed by atoms with Gasteiger partial charge in [-0.05, 0) is 31.4 Å². The molecule has 3 rings (SSSR count). The molecule has 1 aromatic rings. The fraction of sp³-hybridized carbons (Fsp3) is 0.538. The Morgan fingerprint density at radius 2 is 2.12 bits per heavy atom. The van der Waals surface area contributed by atoms with E-state index in [1.807, 2.05) is 6.07 Å². The predicted octanol–water partition coefficient (Wildman–Crippen LogP) is 2.71. The molecule has 0 bridgehead atoms. The molecule has 0 radical (unpaired) electrons. The molecule has 2 nitrogen and oxygen atoms in total. The first-order valence-electron chi connectivity index (χ1n) is 5.93. The van der Waals surface area contributed by atoms with Crippen molar-refractivity contribution in [2.75, 3.05) is 6.61 Å². The zero-order valence-corrected chi connectivity index (χ0v) is 9.42. The van der Waals surface area contributed by atoms with Crippen LogP contribution in [0, 0.1) is 12.7 Å². The Bertz CT molecular complexity index is 415. The highest BCUT2D eigenvalue weighted by atomic mass is 19.1. The van der Waals surface area contributed by atoms with Gasteiger partial charge in [-0.25, -0.2) is 4.39 Å². The number of ether oxygens (including phenoxy) is 1. The van der Waals surface area contributed by atoms with E-state index in [0.717, 1.165) is 12.0 Å². The van der Waals surface area contributed by atoms with Gasteiger partial charge in [0.1, 0.15) is 11.6 Å². The second kappa shape index (κ2) is 3.74. The Morgan fingerprint density at radius 3 is 2.88 bits per heavy atom. The number of nitrogens with one attached hydrogen (secondary N) is 1. The summed E-state index contributed by atoms with van der Waals surface area (Å²) >= 11 is 0. The molecule has 1 N–H and O–H groups in total. The molecule has 1 fully saturated rings. The third-order valence-corrected chi connectivity index (χ3v) is 3.34. The Labute approximate surface area is 94.8 Å². The predicted molar refractivity (Wildman–Crippen MR) is 60.1 cm³/mol. The maximum atomic E-state index is 13.4. The number of hydrogen-bond acceptors (Lipinski definition) is 2. The quantitative estimate of drug-likeness (QED) is 0.829. The van der Waals surface area contributed by atoms with Crippen molar-refractivity contribution in [3.8, 4) is 5.75 Å². The van der Waals surface area contributed by atoms with Crippen molar-refractivity contribution in [3.05, 3.63) is 29.1 Å². The van der Waals surface area contributed by atoms with E-state index in [9.17, 15) is 4.39 Å². The average molecular weight is 221 g/mol. The fourth-order valence-corrected chi connectivity index (χ4v) is 2.23. The van der Waals surface area contributed by atoms with Crippen LogP contribution in [0.5, 0.6) is 5.75 Å². The van der Waals surface area contributed by atoms with Crippen molar-refractivity contribution in [1.82, 2.24) is 5.32 Å². The minimum absolute atomic E-state index is 0.175. The number of hydrogen-bond donors (Lipinski definition) is 1. The highest BCUT2D eigenvalue weighted by Gasteiger charge is 2.29. The van der Waals surface area contributed by atoms with Gasteiger partial charge in [0.2, 0.25) is 0 Å². The molecule has 0 aromatic heterocycles. The van der Waals surface area contributed by atoms with Gasteiger partial charge in [-0.15, -0.1) is 0 Å². The lowest BCUT2D eigenvalue weighted by atomic mass is 9.98. The summed E-state index contributed by atoms with van der Waals surface area (Å²) in [7, 11) is 0. The van der Waals surface area contributed by atoms with Gasteiger partial charge in [0.25, 0.3) is 0 Å². The van der Waals surface area contributed by atoms with E-state index in [1.165, 1.54) is 18.9 Å². The lowest BCUT2D eigenvalue weighted by molar-refractivity contribution is 0.250. The van der Waals surface area contributed by atoms with E-state index >= 15 is 0 Å². The standard InChI is InChI=1S/C13H16FNO/c1-8-6-10-12(15-9-2-3-9)4-5-16-13(10)7-11(8)14/h6-7,9,12,15H,2-5H2,1H3. The number of rotatable bonds is 2. The third kappa shape index (κ3) is 1.80. The van der Waals surface area contributed by atoms with Gasteiger partial charge in [-0.3, -0.25) is 0 Å². The minimum atomic E-state index is -0.175. The maximum absolute atomic E-state index is 13.4. The van der Waals surface area contributed by atoms with Crippen LogP contribution < -0.4 is 10.1 Å². The van der Waals surface area contributed by atoms with E-state index in [1.54, 1.807) is 6.92 Å². The molecule has 0 amide bonds. The molecule has 86 valence electrons.